The fraction of sp³-hybridized carbons (Fsp3) is 0.483. The third kappa shape index (κ3) is 4.84. The second-order valence-electron chi connectivity index (χ2n) is 11.3. The quantitative estimate of drug-likeness (QED) is 0.447. The number of anilines is 1. The van der Waals surface area contributed by atoms with E-state index in [0.29, 0.717) is 31.0 Å². The third-order valence-electron chi connectivity index (χ3n) is 8.59. The minimum atomic E-state index is -4.56. The number of carbonyl (C=O) groups excluding carboxylic acids is 1. The molecular weight excluding hydrogens is 507 g/mol. The summed E-state index contributed by atoms with van der Waals surface area (Å²) in [5, 5.41) is 11.8. The van der Waals surface area contributed by atoms with Gasteiger partial charge in [0.15, 0.2) is 0 Å². The van der Waals surface area contributed by atoms with Crippen molar-refractivity contribution in [2.75, 3.05) is 18.1 Å². The van der Waals surface area contributed by atoms with Gasteiger partial charge in [-0.05, 0) is 79.5 Å². The van der Waals surface area contributed by atoms with Gasteiger partial charge in [-0.15, -0.1) is 10.2 Å². The largest absolute Gasteiger partial charge is 0.416 e. The molecule has 1 saturated heterocycles. The van der Waals surface area contributed by atoms with E-state index in [0.717, 1.165) is 37.1 Å². The molecule has 0 bridgehead atoms. The summed E-state index contributed by atoms with van der Waals surface area (Å²) in [6, 6.07) is 10.3. The number of hydrogen-bond acceptors (Lipinski definition) is 5. The lowest BCUT2D eigenvalue weighted by Gasteiger charge is -2.39. The van der Waals surface area contributed by atoms with Crippen LogP contribution in [0.1, 0.15) is 77.0 Å². The van der Waals surface area contributed by atoms with Crippen molar-refractivity contribution in [3.63, 3.8) is 0 Å². The van der Waals surface area contributed by atoms with Crippen molar-refractivity contribution in [2.45, 2.75) is 63.3 Å². The van der Waals surface area contributed by atoms with Crippen molar-refractivity contribution in [1.82, 2.24) is 20.1 Å². The van der Waals surface area contributed by atoms with Gasteiger partial charge in [0, 0.05) is 42.9 Å². The predicted molar refractivity (Wildman–Crippen MR) is 139 cm³/mol. The molecule has 206 valence electrons. The zero-order chi connectivity index (χ0) is 27.4. The van der Waals surface area contributed by atoms with Crippen LogP contribution in [0.15, 0.2) is 42.7 Å². The van der Waals surface area contributed by atoms with Crippen LogP contribution >= 0.6 is 0 Å². The molecule has 1 amide bonds. The molecule has 2 fully saturated rings. The molecule has 3 aromatic rings. The van der Waals surface area contributed by atoms with E-state index in [1.165, 1.54) is 11.0 Å². The third-order valence-corrected chi connectivity index (χ3v) is 8.59. The topological polar surface area (TPSA) is 72.3 Å². The molecule has 1 aliphatic carbocycles. The molecule has 6 rings (SSSR count). The van der Waals surface area contributed by atoms with E-state index in [1.807, 2.05) is 29.8 Å². The summed E-state index contributed by atoms with van der Waals surface area (Å²) in [5.41, 5.74) is 1.33. The summed E-state index contributed by atoms with van der Waals surface area (Å²) < 4.78 is 50.1. The van der Waals surface area contributed by atoms with Crippen molar-refractivity contribution in [1.29, 1.82) is 0 Å². The highest BCUT2D eigenvalue weighted by Gasteiger charge is 2.41. The summed E-state index contributed by atoms with van der Waals surface area (Å²) in [4.78, 5) is 15.1. The van der Waals surface area contributed by atoms with Gasteiger partial charge in [-0.3, -0.25) is 4.79 Å². The Hall–Kier alpha value is -3.24. The van der Waals surface area contributed by atoms with Gasteiger partial charge in [-0.1, -0.05) is 12.1 Å². The van der Waals surface area contributed by atoms with Crippen LogP contribution < -0.4 is 10.2 Å². The monoisotopic (exact) mass is 539 g/mol. The summed E-state index contributed by atoms with van der Waals surface area (Å²) in [5.74, 6) is 0.439. The van der Waals surface area contributed by atoms with Gasteiger partial charge in [0.05, 0.1) is 18.7 Å². The molecule has 2 aliphatic heterocycles. The minimum Gasteiger partial charge on any atom is -0.381 e. The summed E-state index contributed by atoms with van der Waals surface area (Å²) in [6.07, 6.45) is 1.06. The van der Waals surface area contributed by atoms with Crippen molar-refractivity contribution in [2.24, 2.45) is 13.0 Å². The number of alkyl halides is 3. The summed E-state index contributed by atoms with van der Waals surface area (Å²) >= 11 is 0. The number of nitrogens with zero attached hydrogens (tertiary/aromatic N) is 4. The second kappa shape index (κ2) is 9.75. The molecule has 0 radical (unpaired) electrons. The molecule has 39 heavy (non-hydrogen) atoms. The standard InChI is InChI=1S/C29H32F3N5O2/c1-28(8-4-9-28)33-14-18-11-22-23(24(12-18)29(30,31)32)15-37(27(22)38)21-6-3-5-19(13-21)25(20-7-10-39-16-20)26-35-34-17-36(26)2/h3,5-6,11-13,17,20,25,33H,4,7-10,14-16H2,1-2H3/t20-,25?/m0/s1. The Morgan fingerprint density at radius 1 is 1.23 bits per heavy atom. The van der Waals surface area contributed by atoms with E-state index in [-0.39, 0.29) is 35.0 Å². The fourth-order valence-corrected chi connectivity index (χ4v) is 6.14. The molecule has 1 saturated carbocycles. The second-order valence-corrected chi connectivity index (χ2v) is 11.3. The fourth-order valence-electron chi connectivity index (χ4n) is 6.14. The maximum absolute atomic E-state index is 14.2. The zero-order valence-electron chi connectivity index (χ0n) is 22.1. The lowest BCUT2D eigenvalue weighted by molar-refractivity contribution is -0.138. The average molecular weight is 540 g/mol. The Labute approximate surface area is 225 Å². The maximum Gasteiger partial charge on any atom is 0.416 e. The number of carbonyl (C=O) groups is 1. The summed E-state index contributed by atoms with van der Waals surface area (Å²) in [6.45, 7) is 3.49. The van der Waals surface area contributed by atoms with Crippen LogP contribution in [0.3, 0.4) is 0 Å². The Morgan fingerprint density at radius 2 is 2.05 bits per heavy atom. The van der Waals surface area contributed by atoms with Crippen LogP contribution in [0.2, 0.25) is 0 Å². The first-order chi connectivity index (χ1) is 18.6. The van der Waals surface area contributed by atoms with Crippen LogP contribution in [-0.4, -0.2) is 39.4 Å². The molecule has 2 aromatic carbocycles. The first-order valence-corrected chi connectivity index (χ1v) is 13.4. The number of benzene rings is 2. The van der Waals surface area contributed by atoms with Crippen LogP contribution in [-0.2, 0) is 31.1 Å². The predicted octanol–water partition coefficient (Wildman–Crippen LogP) is 5.19. The summed E-state index contributed by atoms with van der Waals surface area (Å²) in [7, 11) is 1.89. The van der Waals surface area contributed by atoms with Crippen LogP contribution in [0.5, 0.6) is 0 Å². The molecule has 7 nitrogen and oxygen atoms in total. The number of nitrogens with one attached hydrogen (secondary N) is 1. The van der Waals surface area contributed by atoms with Crippen molar-refractivity contribution in [3.8, 4) is 0 Å². The highest BCUT2D eigenvalue weighted by molar-refractivity contribution is 6.10. The molecule has 0 spiro atoms. The lowest BCUT2D eigenvalue weighted by atomic mass is 9.78. The van der Waals surface area contributed by atoms with Crippen molar-refractivity contribution in [3.05, 3.63) is 76.4 Å². The van der Waals surface area contributed by atoms with Gasteiger partial charge < -0.3 is 19.5 Å². The van der Waals surface area contributed by atoms with E-state index in [4.69, 9.17) is 4.74 Å². The number of aromatic nitrogens is 3. The van der Waals surface area contributed by atoms with Gasteiger partial charge in [0.25, 0.3) is 5.91 Å². The normalized spacial score (nSPS) is 21.2. The van der Waals surface area contributed by atoms with Gasteiger partial charge in [0.1, 0.15) is 12.2 Å². The van der Waals surface area contributed by atoms with Crippen molar-refractivity contribution < 1.29 is 22.7 Å². The first kappa shape index (κ1) is 26.0. The molecule has 2 atom stereocenters. The molecular formula is C29H32F3N5O2. The lowest BCUT2D eigenvalue weighted by Crippen LogP contribution is -2.47. The van der Waals surface area contributed by atoms with Crippen LogP contribution in [0.25, 0.3) is 0 Å². The number of amides is 1. The Morgan fingerprint density at radius 3 is 2.69 bits per heavy atom. The highest BCUT2D eigenvalue weighted by Crippen LogP contribution is 2.42. The number of hydrogen-bond donors (Lipinski definition) is 1. The zero-order valence-corrected chi connectivity index (χ0v) is 22.1. The SMILES string of the molecule is Cn1cnnc1C(c1cccc(N2Cc3c(cc(CNC4(C)CCC4)cc3C(F)(F)F)C2=O)c1)[C@H]1CCOC1. The Kier molecular flexibility index (Phi) is 6.50. The number of aryl methyl sites for hydroxylation is 1. The average Bonchev–Trinajstić information content (AvgIpc) is 3.63. The molecule has 1 aromatic heterocycles. The van der Waals surface area contributed by atoms with Crippen LogP contribution in [0.4, 0.5) is 18.9 Å². The number of ether oxygens (including phenoxy) is 1. The van der Waals surface area contributed by atoms with Crippen LogP contribution in [0, 0.1) is 5.92 Å². The molecule has 1 N–H and O–H groups in total. The van der Waals surface area contributed by atoms with Gasteiger partial charge in [-0.25, -0.2) is 0 Å². The molecule has 1 unspecified atom stereocenters. The van der Waals surface area contributed by atoms with E-state index < -0.39 is 17.6 Å². The van der Waals surface area contributed by atoms with E-state index in [9.17, 15) is 18.0 Å². The number of fused-ring (bicyclic) bond motifs is 1. The maximum atomic E-state index is 14.2. The highest BCUT2D eigenvalue weighted by atomic mass is 19.4. The Balaban J connectivity index is 1.33. The van der Waals surface area contributed by atoms with Gasteiger partial charge in [0.2, 0.25) is 0 Å². The molecule has 3 heterocycles. The van der Waals surface area contributed by atoms with E-state index in [2.05, 4.69) is 22.4 Å². The molecule has 10 heteroatoms. The number of halogens is 3. The van der Waals surface area contributed by atoms with Gasteiger partial charge >= 0.3 is 6.18 Å². The first-order valence-electron chi connectivity index (χ1n) is 13.4. The molecule has 3 aliphatic rings. The Bertz CT molecular complexity index is 1390. The van der Waals surface area contributed by atoms with E-state index >= 15 is 0 Å². The van der Waals surface area contributed by atoms with Crippen molar-refractivity contribution >= 4 is 11.6 Å². The number of rotatable bonds is 7. The van der Waals surface area contributed by atoms with Gasteiger partial charge in [-0.2, -0.15) is 13.2 Å². The smallest absolute Gasteiger partial charge is 0.381 e. The van der Waals surface area contributed by atoms with E-state index in [1.54, 1.807) is 18.5 Å². The minimum absolute atomic E-state index is 0.0329.